The first-order valence-electron chi connectivity index (χ1n) is 3.71. The average molecular weight is 133 g/mol. The van der Waals surface area contributed by atoms with Crippen molar-refractivity contribution in [2.45, 2.75) is 18.7 Å². The number of hydrogen-bond donors (Lipinski definition) is 1. The minimum Gasteiger partial charge on any atom is -0.358 e. The summed E-state index contributed by atoms with van der Waals surface area (Å²) in [5.41, 5.74) is 1.02. The smallest absolute Gasteiger partial charge is 0.186 e. The Kier molecular flexibility index (Phi) is 1.29. The van der Waals surface area contributed by atoms with Crippen molar-refractivity contribution < 1.29 is 0 Å². The summed E-state index contributed by atoms with van der Waals surface area (Å²) >= 11 is 0. The molecule has 2 aliphatic rings. The highest BCUT2D eigenvalue weighted by Gasteiger charge is 2.27. The molecule has 0 amide bonds. The largest absolute Gasteiger partial charge is 0.358 e. The fraction of sp³-hybridized carbons (Fsp3) is 0.571. The van der Waals surface area contributed by atoms with Crippen LogP contribution in [0.1, 0.15) is 12.8 Å². The number of aliphatic imine (C=N–C) groups is 1. The van der Waals surface area contributed by atoms with Gasteiger partial charge in [-0.25, -0.2) is 0 Å². The van der Waals surface area contributed by atoms with Gasteiger partial charge in [0.1, 0.15) is 0 Å². The van der Waals surface area contributed by atoms with Crippen LogP contribution in [0.5, 0.6) is 0 Å². The summed E-state index contributed by atoms with van der Waals surface area (Å²) in [4.78, 5) is 4.36. The lowest BCUT2D eigenvalue weighted by molar-refractivity contribution is 0.730. The molecular weight excluding hydrogens is 123 g/mol. The fourth-order valence-electron chi connectivity index (χ4n) is 1.51. The van der Waals surface area contributed by atoms with Crippen molar-refractivity contribution in [1.82, 2.24) is 5.32 Å². The van der Waals surface area contributed by atoms with Crippen LogP contribution in [-0.2, 0) is 0 Å². The lowest BCUT2D eigenvalue weighted by Crippen LogP contribution is -2.19. The van der Waals surface area contributed by atoms with Crippen molar-refractivity contribution in [3.8, 4) is 0 Å². The van der Waals surface area contributed by atoms with Gasteiger partial charge in [-0.1, -0.05) is 6.58 Å². The first kappa shape index (κ1) is 6.02. The topological polar surface area (TPSA) is 24.4 Å². The Balaban J connectivity index is 2.20. The summed E-state index contributed by atoms with van der Waals surface area (Å²) in [6.07, 6.45) is 2.46. The van der Waals surface area contributed by atoms with Crippen LogP contribution in [0, 0.1) is 0 Å². The first-order valence-corrected chi connectivity index (χ1v) is 3.71. The van der Waals surface area contributed by atoms with E-state index in [1.807, 2.05) is 0 Å². The van der Waals surface area contributed by atoms with Gasteiger partial charge in [-0.05, 0) is 24.3 Å². The lowest BCUT2D eigenvalue weighted by Gasteiger charge is -2.13. The summed E-state index contributed by atoms with van der Waals surface area (Å²) in [5.74, 6) is 1.69. The highest BCUT2D eigenvalue weighted by molar-refractivity contribution is 6.56. The molecule has 2 rings (SSSR count). The van der Waals surface area contributed by atoms with Crippen LogP contribution in [0.4, 0.5) is 0 Å². The Morgan fingerprint density at radius 1 is 1.70 bits per heavy atom. The molecule has 2 aliphatic heterocycles. The second-order valence-corrected chi connectivity index (χ2v) is 2.83. The highest BCUT2D eigenvalue weighted by atomic mass is 15.0. The molecule has 0 aliphatic carbocycles. The van der Waals surface area contributed by atoms with E-state index < -0.39 is 0 Å². The van der Waals surface area contributed by atoms with Crippen molar-refractivity contribution in [2.75, 3.05) is 6.54 Å². The Labute approximate surface area is 61.7 Å². The molecule has 3 heteroatoms. The highest BCUT2D eigenvalue weighted by Crippen LogP contribution is 2.24. The van der Waals surface area contributed by atoms with Crippen molar-refractivity contribution in [3.05, 3.63) is 12.2 Å². The molecule has 1 unspecified atom stereocenters. The van der Waals surface area contributed by atoms with Gasteiger partial charge in [0.25, 0.3) is 0 Å². The molecule has 0 spiro atoms. The van der Waals surface area contributed by atoms with Gasteiger partial charge in [-0.15, -0.1) is 0 Å². The summed E-state index contributed by atoms with van der Waals surface area (Å²) in [6, 6.07) is 0. The molecule has 1 radical (unpaired) electrons. The summed E-state index contributed by atoms with van der Waals surface area (Å²) in [6.45, 7) is 4.82. The average Bonchev–Trinajstić information content (AvgIpc) is 2.27. The van der Waals surface area contributed by atoms with Crippen LogP contribution in [0.15, 0.2) is 17.2 Å². The summed E-state index contributed by atoms with van der Waals surface area (Å²) in [5, 5.41) is 3.16. The van der Waals surface area contributed by atoms with E-state index in [0.29, 0.717) is 5.82 Å². The van der Waals surface area contributed by atoms with Crippen LogP contribution in [-0.4, -0.2) is 19.7 Å². The predicted molar refractivity (Wildman–Crippen MR) is 43.3 cm³/mol. The number of nitrogens with zero attached hydrogens (tertiary/aromatic N) is 1. The molecule has 51 valence electrons. The van der Waals surface area contributed by atoms with E-state index in [9.17, 15) is 0 Å². The van der Waals surface area contributed by atoms with Crippen LogP contribution in [0.25, 0.3) is 0 Å². The van der Waals surface area contributed by atoms with E-state index in [-0.39, 0.29) is 0 Å². The molecule has 0 aromatic rings. The Hall–Kier alpha value is -0.725. The zero-order chi connectivity index (χ0) is 6.97. The third-order valence-corrected chi connectivity index (χ3v) is 2.00. The number of nitrogens with one attached hydrogen (secondary N) is 1. The van der Waals surface area contributed by atoms with Gasteiger partial charge in [0.05, 0.1) is 5.84 Å². The third-order valence-electron chi connectivity index (χ3n) is 2.00. The molecule has 0 aromatic heterocycles. The molecule has 1 atom stereocenters. The van der Waals surface area contributed by atoms with Gasteiger partial charge in [0, 0.05) is 6.54 Å². The maximum atomic E-state index is 4.36. The monoisotopic (exact) mass is 133 g/mol. The van der Waals surface area contributed by atoms with E-state index in [4.69, 9.17) is 0 Å². The van der Waals surface area contributed by atoms with Crippen LogP contribution >= 0.6 is 0 Å². The van der Waals surface area contributed by atoms with Crippen LogP contribution in [0.2, 0.25) is 5.82 Å². The maximum Gasteiger partial charge on any atom is 0.186 e. The maximum absolute atomic E-state index is 4.36. The molecule has 1 fully saturated rings. The summed E-state index contributed by atoms with van der Waals surface area (Å²) < 4.78 is 0. The van der Waals surface area contributed by atoms with Gasteiger partial charge in [-0.2, -0.15) is 0 Å². The standard InChI is InChI=1S/C7H10BN2/c1-5-8-6-3-2-4-9-7(6)10-5/h6H,1-4H2,(H,9,10). The number of rotatable bonds is 0. The molecule has 10 heavy (non-hydrogen) atoms. The van der Waals surface area contributed by atoms with Crippen molar-refractivity contribution >= 4 is 13.1 Å². The second-order valence-electron chi connectivity index (χ2n) is 2.83. The van der Waals surface area contributed by atoms with Crippen molar-refractivity contribution in [3.63, 3.8) is 0 Å². The molecule has 1 N–H and O–H groups in total. The van der Waals surface area contributed by atoms with Gasteiger partial charge < -0.3 is 5.32 Å². The van der Waals surface area contributed by atoms with Gasteiger partial charge in [0.15, 0.2) is 7.28 Å². The normalized spacial score (nSPS) is 30.2. The van der Waals surface area contributed by atoms with Crippen LogP contribution < -0.4 is 5.32 Å². The van der Waals surface area contributed by atoms with Crippen LogP contribution in [0.3, 0.4) is 0 Å². The van der Waals surface area contributed by atoms with E-state index >= 15 is 0 Å². The van der Waals surface area contributed by atoms with E-state index in [1.54, 1.807) is 0 Å². The minimum atomic E-state index is 0.557. The Bertz CT molecular complexity index is 198. The molecule has 0 aromatic carbocycles. The molecule has 1 saturated heterocycles. The molecule has 2 heterocycles. The molecule has 0 bridgehead atoms. The molecule has 0 saturated carbocycles. The minimum absolute atomic E-state index is 0.557. The van der Waals surface area contributed by atoms with Gasteiger partial charge in [-0.3, -0.25) is 4.99 Å². The quantitative estimate of drug-likeness (QED) is 0.484. The van der Waals surface area contributed by atoms with Crippen molar-refractivity contribution in [1.29, 1.82) is 0 Å². The molecule has 2 nitrogen and oxygen atoms in total. The third kappa shape index (κ3) is 0.858. The van der Waals surface area contributed by atoms with E-state index in [0.717, 1.165) is 18.0 Å². The Morgan fingerprint density at radius 3 is 3.40 bits per heavy atom. The van der Waals surface area contributed by atoms with Gasteiger partial charge in [0.2, 0.25) is 0 Å². The predicted octanol–water partition coefficient (Wildman–Crippen LogP) is 0.746. The fourth-order valence-corrected chi connectivity index (χ4v) is 1.51. The summed E-state index contributed by atoms with van der Waals surface area (Å²) in [7, 11) is 2.16. The van der Waals surface area contributed by atoms with E-state index in [1.165, 1.54) is 12.8 Å². The second kappa shape index (κ2) is 2.15. The Morgan fingerprint density at radius 2 is 2.60 bits per heavy atom. The SMILES string of the molecule is C=C1[B]C2CCCN=C2N1. The zero-order valence-electron chi connectivity index (χ0n) is 5.93. The lowest BCUT2D eigenvalue weighted by atomic mass is 9.63. The molecular formula is C7H10BN2. The first-order chi connectivity index (χ1) is 4.86. The number of hydrogen-bond acceptors (Lipinski definition) is 2. The van der Waals surface area contributed by atoms with E-state index in [2.05, 4.69) is 24.2 Å². The van der Waals surface area contributed by atoms with Gasteiger partial charge >= 0.3 is 0 Å². The van der Waals surface area contributed by atoms with Crippen molar-refractivity contribution in [2.24, 2.45) is 4.99 Å². The zero-order valence-corrected chi connectivity index (χ0v) is 5.93. The number of amidine groups is 1. The number of fused-ring (bicyclic) bond motifs is 1.